The molecule has 4 rings (SSSR count). The van der Waals surface area contributed by atoms with E-state index in [0.717, 1.165) is 33.0 Å². The molecule has 4 heterocycles. The van der Waals surface area contributed by atoms with Gasteiger partial charge in [0.1, 0.15) is 4.83 Å². The molecule has 0 fully saturated rings. The summed E-state index contributed by atoms with van der Waals surface area (Å²) < 4.78 is 8.23. The van der Waals surface area contributed by atoms with E-state index in [-0.39, 0.29) is 5.60 Å². The minimum Gasteiger partial charge on any atom is -0.370 e. The quantitative estimate of drug-likeness (QED) is 0.358. The molecule has 3 aromatic rings. The van der Waals surface area contributed by atoms with Gasteiger partial charge in [-0.15, -0.1) is 21.5 Å². The molecule has 0 saturated carbocycles. The molecule has 0 N–H and O–H groups in total. The number of ether oxygens (including phenoxy) is 1. The van der Waals surface area contributed by atoms with Crippen LogP contribution in [0.2, 0.25) is 0 Å². The van der Waals surface area contributed by atoms with Gasteiger partial charge in [0.25, 0.3) is 0 Å². The highest BCUT2D eigenvalue weighted by Gasteiger charge is 2.31. The first kappa shape index (κ1) is 20.4. The van der Waals surface area contributed by atoms with Crippen molar-refractivity contribution in [2.45, 2.75) is 82.2 Å². The Morgan fingerprint density at radius 1 is 1.18 bits per heavy atom. The highest BCUT2D eigenvalue weighted by Crippen LogP contribution is 2.41. The summed E-state index contributed by atoms with van der Waals surface area (Å²) in [6.45, 7) is 13.9. The Labute approximate surface area is 179 Å². The normalized spacial score (nSPS) is 16.6. The van der Waals surface area contributed by atoms with Crippen molar-refractivity contribution in [3.8, 4) is 0 Å². The van der Waals surface area contributed by atoms with Gasteiger partial charge in [-0.1, -0.05) is 51.2 Å². The molecule has 152 valence electrons. The predicted molar refractivity (Wildman–Crippen MR) is 120 cm³/mol. The monoisotopic (exact) mass is 436 g/mol. The third kappa shape index (κ3) is 3.93. The lowest BCUT2D eigenvalue weighted by Crippen LogP contribution is -2.31. The second-order valence-electron chi connectivity index (χ2n) is 8.64. The summed E-state index contributed by atoms with van der Waals surface area (Å²) in [5, 5.41) is 12.8. The Balaban J connectivity index is 1.87. The second kappa shape index (κ2) is 7.78. The molecule has 1 aliphatic heterocycles. The predicted octanol–water partition coefficient (Wildman–Crippen LogP) is 5.83. The molecule has 1 aliphatic rings. The van der Waals surface area contributed by atoms with E-state index in [9.17, 15) is 0 Å². The average Bonchev–Trinajstić information content (AvgIpc) is 3.14. The maximum Gasteiger partial charge on any atom is 0.197 e. The Hall–Kier alpha value is -0.830. The van der Waals surface area contributed by atoms with Crippen LogP contribution in [0.4, 0.5) is 0 Å². The van der Waals surface area contributed by atoms with Crippen molar-refractivity contribution in [1.82, 2.24) is 19.6 Å². The summed E-state index contributed by atoms with van der Waals surface area (Å²) in [5.74, 6) is 1.73. The third-order valence-corrected chi connectivity index (χ3v) is 7.80. The minimum atomic E-state index is -0.155. The van der Waals surface area contributed by atoms with Crippen molar-refractivity contribution in [1.29, 1.82) is 0 Å². The maximum absolute atomic E-state index is 6.04. The van der Waals surface area contributed by atoms with E-state index in [0.29, 0.717) is 17.8 Å². The Morgan fingerprint density at radius 2 is 1.96 bits per heavy atom. The van der Waals surface area contributed by atoms with E-state index >= 15 is 0 Å². The van der Waals surface area contributed by atoms with Crippen molar-refractivity contribution < 1.29 is 4.74 Å². The SMILES string of the molecule is CC(C)CCSc1nnc2c3c4c(sc3nc(SC(C)C)n12)COC(C)(C)C4. The van der Waals surface area contributed by atoms with Crippen LogP contribution in [-0.2, 0) is 17.8 Å². The first-order chi connectivity index (χ1) is 13.2. The lowest BCUT2D eigenvalue weighted by atomic mass is 9.94. The number of thiophene rings is 1. The number of nitrogens with zero attached hydrogens (tertiary/aromatic N) is 4. The fourth-order valence-electron chi connectivity index (χ4n) is 3.36. The van der Waals surface area contributed by atoms with Crippen LogP contribution in [0.3, 0.4) is 0 Å². The summed E-state index contributed by atoms with van der Waals surface area (Å²) >= 11 is 5.32. The summed E-state index contributed by atoms with van der Waals surface area (Å²) in [5.41, 5.74) is 2.15. The maximum atomic E-state index is 6.04. The Bertz CT molecular complexity index is 1010. The van der Waals surface area contributed by atoms with Gasteiger partial charge in [-0.3, -0.25) is 0 Å². The number of rotatable bonds is 6. The molecule has 0 bridgehead atoms. The van der Waals surface area contributed by atoms with Gasteiger partial charge in [0.15, 0.2) is 16.0 Å². The molecule has 5 nitrogen and oxygen atoms in total. The van der Waals surface area contributed by atoms with Crippen molar-refractivity contribution in [3.63, 3.8) is 0 Å². The van der Waals surface area contributed by atoms with E-state index in [1.165, 1.54) is 22.2 Å². The largest absolute Gasteiger partial charge is 0.370 e. The smallest absolute Gasteiger partial charge is 0.197 e. The van der Waals surface area contributed by atoms with Gasteiger partial charge in [0.05, 0.1) is 17.6 Å². The zero-order valence-electron chi connectivity index (χ0n) is 17.4. The van der Waals surface area contributed by atoms with E-state index < -0.39 is 0 Å². The molecule has 0 aliphatic carbocycles. The zero-order valence-corrected chi connectivity index (χ0v) is 19.9. The van der Waals surface area contributed by atoms with Crippen molar-refractivity contribution >= 4 is 50.7 Å². The van der Waals surface area contributed by atoms with Gasteiger partial charge in [-0.05, 0) is 31.7 Å². The number of thioether (sulfide) groups is 2. The summed E-state index contributed by atoms with van der Waals surface area (Å²) in [6.07, 6.45) is 2.06. The second-order valence-corrected chi connectivity index (χ2v) is 12.3. The lowest BCUT2D eigenvalue weighted by molar-refractivity contribution is -0.0379. The first-order valence-corrected chi connectivity index (χ1v) is 12.6. The number of hydrogen-bond acceptors (Lipinski definition) is 7. The summed E-state index contributed by atoms with van der Waals surface area (Å²) in [6, 6.07) is 0. The lowest BCUT2D eigenvalue weighted by Gasteiger charge is -2.30. The first-order valence-electron chi connectivity index (χ1n) is 9.88. The fraction of sp³-hybridized carbons (Fsp3) is 0.650. The molecule has 0 spiro atoms. The van der Waals surface area contributed by atoms with Crippen LogP contribution in [0, 0.1) is 5.92 Å². The molecule has 0 unspecified atom stereocenters. The molecule has 3 aromatic heterocycles. The van der Waals surface area contributed by atoms with Crippen molar-refractivity contribution in [2.24, 2.45) is 5.92 Å². The van der Waals surface area contributed by atoms with Crippen molar-refractivity contribution in [3.05, 3.63) is 10.4 Å². The van der Waals surface area contributed by atoms with Crippen LogP contribution in [0.1, 0.15) is 58.4 Å². The van der Waals surface area contributed by atoms with Gasteiger partial charge in [-0.25, -0.2) is 9.38 Å². The molecule has 0 amide bonds. The Morgan fingerprint density at radius 3 is 2.68 bits per heavy atom. The third-order valence-electron chi connectivity index (χ3n) is 4.78. The average molecular weight is 437 g/mol. The Kier molecular flexibility index (Phi) is 5.68. The van der Waals surface area contributed by atoms with Crippen LogP contribution >= 0.6 is 34.9 Å². The number of aromatic nitrogens is 4. The molecule has 0 atom stereocenters. The van der Waals surface area contributed by atoms with Gasteiger partial charge in [0.2, 0.25) is 0 Å². The van der Waals surface area contributed by atoms with Crippen LogP contribution in [-0.4, -0.2) is 36.2 Å². The molecule has 0 aromatic carbocycles. The highest BCUT2D eigenvalue weighted by molar-refractivity contribution is 8.00. The molecule has 0 radical (unpaired) electrons. The number of hydrogen-bond donors (Lipinski definition) is 0. The minimum absolute atomic E-state index is 0.155. The fourth-order valence-corrected chi connectivity index (χ4v) is 6.59. The van der Waals surface area contributed by atoms with Crippen LogP contribution in [0.25, 0.3) is 15.9 Å². The summed E-state index contributed by atoms with van der Waals surface area (Å²) in [7, 11) is 0. The van der Waals surface area contributed by atoms with Gasteiger partial charge in [-0.2, -0.15) is 0 Å². The molecular weight excluding hydrogens is 408 g/mol. The highest BCUT2D eigenvalue weighted by atomic mass is 32.2. The molecule has 8 heteroatoms. The van der Waals surface area contributed by atoms with Gasteiger partial charge in [0, 0.05) is 22.3 Å². The van der Waals surface area contributed by atoms with E-state index in [1.807, 2.05) is 0 Å². The van der Waals surface area contributed by atoms with E-state index in [1.54, 1.807) is 34.9 Å². The van der Waals surface area contributed by atoms with Gasteiger partial charge >= 0.3 is 0 Å². The van der Waals surface area contributed by atoms with E-state index in [2.05, 4.69) is 56.1 Å². The standard InChI is InChI=1S/C20H28N4OS3/c1-11(2)7-8-26-19-23-22-16-15-13-9-20(5,6)25-10-14(13)28-17(15)21-18(24(16)19)27-12(3)4/h11-12H,7-10H2,1-6H3. The zero-order chi connectivity index (χ0) is 20.1. The number of fused-ring (bicyclic) bond motifs is 5. The van der Waals surface area contributed by atoms with E-state index in [4.69, 9.17) is 9.72 Å². The molecule has 0 saturated heterocycles. The molecule has 28 heavy (non-hydrogen) atoms. The van der Waals surface area contributed by atoms with Crippen LogP contribution in [0.5, 0.6) is 0 Å². The molecular formula is C20H28N4OS3. The topological polar surface area (TPSA) is 52.3 Å². The van der Waals surface area contributed by atoms with Crippen molar-refractivity contribution in [2.75, 3.05) is 5.75 Å². The van der Waals surface area contributed by atoms with Crippen LogP contribution < -0.4 is 0 Å². The van der Waals surface area contributed by atoms with Gasteiger partial charge < -0.3 is 4.74 Å². The van der Waals surface area contributed by atoms with Crippen LogP contribution in [0.15, 0.2) is 10.3 Å². The summed E-state index contributed by atoms with van der Waals surface area (Å²) in [4.78, 5) is 7.42.